The van der Waals surface area contributed by atoms with Gasteiger partial charge in [0.1, 0.15) is 5.01 Å². The summed E-state index contributed by atoms with van der Waals surface area (Å²) in [7, 11) is 4.12. The lowest BCUT2D eigenvalue weighted by Crippen LogP contribution is -2.29. The van der Waals surface area contributed by atoms with Crippen LogP contribution in [0.1, 0.15) is 11.9 Å². The van der Waals surface area contributed by atoms with Gasteiger partial charge < -0.3 is 10.2 Å². The van der Waals surface area contributed by atoms with E-state index in [1.807, 2.05) is 6.92 Å². The van der Waals surface area contributed by atoms with Crippen LogP contribution in [-0.4, -0.2) is 41.8 Å². The van der Waals surface area contributed by atoms with Crippen molar-refractivity contribution < 1.29 is 0 Å². The Morgan fingerprint density at radius 1 is 1.46 bits per heavy atom. The van der Waals surface area contributed by atoms with Crippen molar-refractivity contribution in [2.75, 3.05) is 26.0 Å². The van der Waals surface area contributed by atoms with Crippen molar-refractivity contribution in [3.63, 3.8) is 0 Å². The van der Waals surface area contributed by atoms with Gasteiger partial charge in [0.15, 0.2) is 0 Å². The molecule has 0 fully saturated rings. The molecule has 1 N–H and O–H groups in total. The molecule has 0 amide bonds. The van der Waals surface area contributed by atoms with Gasteiger partial charge in [-0.1, -0.05) is 11.3 Å². The van der Waals surface area contributed by atoms with Crippen molar-refractivity contribution in [2.24, 2.45) is 0 Å². The zero-order chi connectivity index (χ0) is 9.84. The first-order valence-electron chi connectivity index (χ1n) is 4.29. The van der Waals surface area contributed by atoms with Crippen LogP contribution in [0, 0.1) is 6.92 Å². The average molecular weight is 200 g/mol. The second kappa shape index (κ2) is 4.53. The molecule has 0 radical (unpaired) electrons. The van der Waals surface area contributed by atoms with E-state index in [1.165, 1.54) is 0 Å². The summed E-state index contributed by atoms with van der Waals surface area (Å²) in [6.07, 6.45) is 0. The van der Waals surface area contributed by atoms with Crippen molar-refractivity contribution in [1.82, 2.24) is 15.1 Å². The molecule has 1 rings (SSSR count). The highest BCUT2D eigenvalue weighted by Crippen LogP contribution is 2.14. The minimum atomic E-state index is 0.405. The first-order valence-corrected chi connectivity index (χ1v) is 5.11. The van der Waals surface area contributed by atoms with Gasteiger partial charge in [-0.15, -0.1) is 10.2 Å². The predicted molar refractivity (Wildman–Crippen MR) is 56.3 cm³/mol. The fourth-order valence-electron chi connectivity index (χ4n) is 1.16. The smallest absolute Gasteiger partial charge is 0.205 e. The van der Waals surface area contributed by atoms with Crippen LogP contribution in [0.25, 0.3) is 0 Å². The molecule has 5 heteroatoms. The molecule has 1 aromatic rings. The van der Waals surface area contributed by atoms with Crippen LogP contribution in [0.4, 0.5) is 5.13 Å². The third-order valence-corrected chi connectivity index (χ3v) is 2.30. The van der Waals surface area contributed by atoms with E-state index in [4.69, 9.17) is 0 Å². The lowest BCUT2D eigenvalue weighted by molar-refractivity contribution is 0.392. The van der Waals surface area contributed by atoms with Crippen LogP contribution >= 0.6 is 11.3 Å². The maximum absolute atomic E-state index is 4.00. The second-order valence-electron chi connectivity index (χ2n) is 3.43. The molecule has 0 aliphatic rings. The van der Waals surface area contributed by atoms with Gasteiger partial charge >= 0.3 is 0 Å². The van der Waals surface area contributed by atoms with Crippen molar-refractivity contribution >= 4 is 16.5 Å². The number of aromatic nitrogens is 2. The highest BCUT2D eigenvalue weighted by atomic mass is 32.1. The Kier molecular flexibility index (Phi) is 3.62. The molecule has 0 aromatic carbocycles. The minimum absolute atomic E-state index is 0.405. The van der Waals surface area contributed by atoms with Crippen LogP contribution in [0.5, 0.6) is 0 Å². The first kappa shape index (κ1) is 10.4. The molecule has 1 heterocycles. The number of aryl methyl sites for hydroxylation is 1. The van der Waals surface area contributed by atoms with E-state index < -0.39 is 0 Å². The molecule has 0 saturated heterocycles. The third kappa shape index (κ3) is 3.69. The van der Waals surface area contributed by atoms with E-state index in [9.17, 15) is 0 Å². The van der Waals surface area contributed by atoms with Gasteiger partial charge in [-0.05, 0) is 27.9 Å². The highest BCUT2D eigenvalue weighted by Gasteiger charge is 2.05. The zero-order valence-corrected chi connectivity index (χ0v) is 9.35. The molecule has 4 nitrogen and oxygen atoms in total. The van der Waals surface area contributed by atoms with E-state index in [0.29, 0.717) is 6.04 Å². The molecule has 0 unspecified atom stereocenters. The molecule has 0 spiro atoms. The fraction of sp³-hybridized carbons (Fsp3) is 0.750. The number of nitrogens with one attached hydrogen (secondary N) is 1. The molecule has 13 heavy (non-hydrogen) atoms. The van der Waals surface area contributed by atoms with Crippen LogP contribution in [-0.2, 0) is 0 Å². The fourth-order valence-corrected chi connectivity index (χ4v) is 1.86. The van der Waals surface area contributed by atoms with Gasteiger partial charge in [0.2, 0.25) is 5.13 Å². The molecule has 1 aromatic heterocycles. The van der Waals surface area contributed by atoms with Gasteiger partial charge in [0.05, 0.1) is 0 Å². The Bertz CT molecular complexity index is 258. The number of nitrogens with zero attached hydrogens (tertiary/aromatic N) is 3. The van der Waals surface area contributed by atoms with Gasteiger partial charge in [0, 0.05) is 12.6 Å². The van der Waals surface area contributed by atoms with E-state index in [1.54, 1.807) is 11.3 Å². The number of hydrogen-bond acceptors (Lipinski definition) is 5. The first-order chi connectivity index (χ1) is 6.08. The molecular formula is C8H16N4S. The standard InChI is InChI=1S/C8H16N4S/c1-6(5-12(3)4)9-8-11-10-7(2)13-8/h6H,5H2,1-4H3,(H,9,11)/t6-/m0/s1. The number of rotatable bonds is 4. The molecule has 0 aliphatic heterocycles. The molecule has 0 saturated carbocycles. The Hall–Kier alpha value is -0.680. The lowest BCUT2D eigenvalue weighted by atomic mass is 10.3. The van der Waals surface area contributed by atoms with Crippen molar-refractivity contribution in [2.45, 2.75) is 19.9 Å². The van der Waals surface area contributed by atoms with Gasteiger partial charge in [-0.3, -0.25) is 0 Å². The summed E-state index contributed by atoms with van der Waals surface area (Å²) in [5.74, 6) is 0. The van der Waals surface area contributed by atoms with E-state index in [2.05, 4.69) is 41.4 Å². The summed E-state index contributed by atoms with van der Waals surface area (Å²) >= 11 is 1.59. The highest BCUT2D eigenvalue weighted by molar-refractivity contribution is 7.15. The van der Waals surface area contributed by atoms with E-state index >= 15 is 0 Å². The normalized spacial score (nSPS) is 13.3. The number of likely N-dealkylation sites (N-methyl/N-ethyl adjacent to an activating group) is 1. The van der Waals surface area contributed by atoms with Crippen LogP contribution < -0.4 is 5.32 Å². The van der Waals surface area contributed by atoms with Crippen LogP contribution in [0.15, 0.2) is 0 Å². The number of anilines is 1. The van der Waals surface area contributed by atoms with Crippen LogP contribution in [0.2, 0.25) is 0 Å². The summed E-state index contributed by atoms with van der Waals surface area (Å²) in [6.45, 7) is 5.09. The SMILES string of the molecule is Cc1nnc(N[C@@H](C)CN(C)C)s1. The average Bonchev–Trinajstić information content (AvgIpc) is 2.33. The Balaban J connectivity index is 2.40. The van der Waals surface area contributed by atoms with E-state index in [0.717, 1.165) is 16.7 Å². The van der Waals surface area contributed by atoms with Crippen molar-refractivity contribution in [3.05, 3.63) is 5.01 Å². The largest absolute Gasteiger partial charge is 0.356 e. The van der Waals surface area contributed by atoms with E-state index in [-0.39, 0.29) is 0 Å². The molecule has 1 atom stereocenters. The summed E-state index contributed by atoms with van der Waals surface area (Å²) in [5.41, 5.74) is 0. The summed E-state index contributed by atoms with van der Waals surface area (Å²) in [6, 6.07) is 0.405. The van der Waals surface area contributed by atoms with Crippen molar-refractivity contribution in [3.8, 4) is 0 Å². The third-order valence-electron chi connectivity index (χ3n) is 1.53. The van der Waals surface area contributed by atoms with Gasteiger partial charge in [0.25, 0.3) is 0 Å². The van der Waals surface area contributed by atoms with Gasteiger partial charge in [-0.25, -0.2) is 0 Å². The lowest BCUT2D eigenvalue weighted by Gasteiger charge is -2.17. The molecule has 0 aliphatic carbocycles. The zero-order valence-electron chi connectivity index (χ0n) is 8.53. The monoisotopic (exact) mass is 200 g/mol. The minimum Gasteiger partial charge on any atom is -0.356 e. The molecular weight excluding hydrogens is 184 g/mol. The molecule has 0 bridgehead atoms. The summed E-state index contributed by atoms with van der Waals surface area (Å²) in [5, 5.41) is 13.1. The Morgan fingerprint density at radius 2 is 2.15 bits per heavy atom. The second-order valence-corrected chi connectivity index (χ2v) is 4.62. The number of hydrogen-bond donors (Lipinski definition) is 1. The van der Waals surface area contributed by atoms with Gasteiger partial charge in [-0.2, -0.15) is 0 Å². The summed E-state index contributed by atoms with van der Waals surface area (Å²) < 4.78 is 0. The van der Waals surface area contributed by atoms with Crippen molar-refractivity contribution in [1.29, 1.82) is 0 Å². The van der Waals surface area contributed by atoms with Crippen LogP contribution in [0.3, 0.4) is 0 Å². The topological polar surface area (TPSA) is 41.1 Å². The maximum Gasteiger partial charge on any atom is 0.205 e. The molecule has 74 valence electrons. The Labute approximate surface area is 83.0 Å². The quantitative estimate of drug-likeness (QED) is 0.793. The Morgan fingerprint density at radius 3 is 2.62 bits per heavy atom. The predicted octanol–water partition coefficient (Wildman–Crippen LogP) is 1.21. The summed E-state index contributed by atoms with van der Waals surface area (Å²) in [4.78, 5) is 2.14. The maximum atomic E-state index is 4.00.